The summed E-state index contributed by atoms with van der Waals surface area (Å²) in [5.41, 5.74) is 0.850. The first-order valence-corrected chi connectivity index (χ1v) is 6.65. The van der Waals surface area contributed by atoms with E-state index >= 15 is 0 Å². The summed E-state index contributed by atoms with van der Waals surface area (Å²) < 4.78 is 0. The van der Waals surface area contributed by atoms with Gasteiger partial charge in [0.15, 0.2) is 0 Å². The van der Waals surface area contributed by atoms with Crippen LogP contribution in [-0.4, -0.2) is 12.5 Å². The van der Waals surface area contributed by atoms with Gasteiger partial charge < -0.3 is 5.32 Å². The van der Waals surface area contributed by atoms with Crippen LogP contribution in [0.4, 0.5) is 0 Å². The van der Waals surface area contributed by atoms with Crippen molar-refractivity contribution in [2.75, 3.05) is 6.54 Å². The third kappa shape index (κ3) is 5.56. The fraction of sp³-hybridized carbons (Fsp3) is 0.357. The predicted octanol–water partition coefficient (Wildman–Crippen LogP) is 4.17. The number of halogens is 2. The molecule has 0 spiro atoms. The summed E-state index contributed by atoms with van der Waals surface area (Å²) in [4.78, 5) is 11.5. The minimum Gasteiger partial charge on any atom is -0.353 e. The van der Waals surface area contributed by atoms with E-state index in [9.17, 15) is 4.79 Å². The molecule has 0 saturated carbocycles. The Kier molecular flexibility index (Phi) is 6.23. The minimum atomic E-state index is -0.0956. The van der Waals surface area contributed by atoms with Crippen molar-refractivity contribution >= 4 is 35.2 Å². The highest BCUT2D eigenvalue weighted by atomic mass is 35.5. The van der Waals surface area contributed by atoms with Gasteiger partial charge >= 0.3 is 0 Å². The SMILES string of the molecule is CC(C)CCNC(=O)/C=C\c1ccc(Cl)c(Cl)c1. The molecule has 0 aromatic heterocycles. The minimum absolute atomic E-state index is 0.0956. The Hall–Kier alpha value is -0.990. The van der Waals surface area contributed by atoms with E-state index < -0.39 is 0 Å². The second-order valence-corrected chi connectivity index (χ2v) is 5.29. The van der Waals surface area contributed by atoms with Gasteiger partial charge in [-0.05, 0) is 36.1 Å². The Bertz CT molecular complexity index is 441. The van der Waals surface area contributed by atoms with Crippen LogP contribution in [-0.2, 0) is 4.79 Å². The summed E-state index contributed by atoms with van der Waals surface area (Å²) in [6.45, 7) is 4.94. The third-order valence-electron chi connectivity index (χ3n) is 2.39. The van der Waals surface area contributed by atoms with Gasteiger partial charge in [0.2, 0.25) is 5.91 Å². The summed E-state index contributed by atoms with van der Waals surface area (Å²) in [7, 11) is 0. The maximum Gasteiger partial charge on any atom is 0.243 e. The van der Waals surface area contributed by atoms with E-state index in [1.165, 1.54) is 6.08 Å². The van der Waals surface area contributed by atoms with E-state index in [2.05, 4.69) is 19.2 Å². The van der Waals surface area contributed by atoms with Gasteiger partial charge in [-0.1, -0.05) is 43.1 Å². The molecule has 0 radical (unpaired) electrons. The van der Waals surface area contributed by atoms with Gasteiger partial charge in [-0.25, -0.2) is 0 Å². The molecule has 0 atom stereocenters. The van der Waals surface area contributed by atoms with Crippen LogP contribution in [0.5, 0.6) is 0 Å². The Morgan fingerprint density at radius 1 is 1.33 bits per heavy atom. The number of amides is 1. The van der Waals surface area contributed by atoms with Crippen LogP contribution in [0.25, 0.3) is 6.08 Å². The monoisotopic (exact) mass is 285 g/mol. The van der Waals surface area contributed by atoms with Crippen LogP contribution in [0.3, 0.4) is 0 Å². The highest BCUT2D eigenvalue weighted by Gasteiger charge is 1.99. The molecular weight excluding hydrogens is 269 g/mol. The van der Waals surface area contributed by atoms with E-state index in [0.29, 0.717) is 22.5 Å². The summed E-state index contributed by atoms with van der Waals surface area (Å²) >= 11 is 11.7. The van der Waals surface area contributed by atoms with Crippen LogP contribution in [0.15, 0.2) is 24.3 Å². The quantitative estimate of drug-likeness (QED) is 0.809. The Morgan fingerprint density at radius 3 is 2.67 bits per heavy atom. The number of benzene rings is 1. The molecule has 2 nitrogen and oxygen atoms in total. The van der Waals surface area contributed by atoms with Crippen molar-refractivity contribution in [3.63, 3.8) is 0 Å². The fourth-order valence-electron chi connectivity index (χ4n) is 1.33. The third-order valence-corrected chi connectivity index (χ3v) is 3.13. The molecule has 18 heavy (non-hydrogen) atoms. The second kappa shape index (κ2) is 7.45. The van der Waals surface area contributed by atoms with Crippen molar-refractivity contribution < 1.29 is 4.79 Å². The average molecular weight is 286 g/mol. The lowest BCUT2D eigenvalue weighted by atomic mass is 10.1. The highest BCUT2D eigenvalue weighted by molar-refractivity contribution is 6.42. The average Bonchev–Trinajstić information content (AvgIpc) is 2.30. The molecule has 0 unspecified atom stereocenters. The first-order valence-electron chi connectivity index (χ1n) is 5.90. The zero-order valence-electron chi connectivity index (χ0n) is 10.5. The zero-order valence-corrected chi connectivity index (χ0v) is 12.1. The van der Waals surface area contributed by atoms with E-state index in [4.69, 9.17) is 23.2 Å². The highest BCUT2D eigenvalue weighted by Crippen LogP contribution is 2.22. The number of carbonyl (C=O) groups is 1. The zero-order chi connectivity index (χ0) is 13.5. The second-order valence-electron chi connectivity index (χ2n) is 4.48. The molecule has 1 aromatic carbocycles. The van der Waals surface area contributed by atoms with Crippen molar-refractivity contribution in [2.45, 2.75) is 20.3 Å². The molecule has 1 aromatic rings. The molecule has 0 saturated heterocycles. The predicted molar refractivity (Wildman–Crippen MR) is 78.0 cm³/mol. The van der Waals surface area contributed by atoms with Crippen molar-refractivity contribution in [1.82, 2.24) is 5.32 Å². The number of rotatable bonds is 5. The first-order chi connectivity index (χ1) is 8.49. The van der Waals surface area contributed by atoms with Gasteiger partial charge in [0, 0.05) is 12.6 Å². The van der Waals surface area contributed by atoms with Crippen molar-refractivity contribution in [1.29, 1.82) is 0 Å². The van der Waals surface area contributed by atoms with Gasteiger partial charge in [-0.3, -0.25) is 4.79 Å². The van der Waals surface area contributed by atoms with Crippen molar-refractivity contribution in [2.24, 2.45) is 5.92 Å². The van der Waals surface area contributed by atoms with Crippen molar-refractivity contribution in [3.05, 3.63) is 39.9 Å². The van der Waals surface area contributed by atoms with Crippen LogP contribution < -0.4 is 5.32 Å². The van der Waals surface area contributed by atoms with Gasteiger partial charge in [0.1, 0.15) is 0 Å². The molecule has 0 bridgehead atoms. The molecule has 1 N–H and O–H groups in total. The Labute approximate surface area is 118 Å². The van der Waals surface area contributed by atoms with Crippen molar-refractivity contribution in [3.8, 4) is 0 Å². The molecule has 98 valence electrons. The van der Waals surface area contributed by atoms with E-state index in [1.54, 1.807) is 18.2 Å². The summed E-state index contributed by atoms with van der Waals surface area (Å²) in [6, 6.07) is 5.24. The summed E-state index contributed by atoms with van der Waals surface area (Å²) in [6.07, 6.45) is 4.19. The van der Waals surface area contributed by atoms with Gasteiger partial charge in [0.25, 0.3) is 0 Å². The molecule has 0 aliphatic carbocycles. The molecular formula is C14H17Cl2NO. The number of carbonyl (C=O) groups excluding carboxylic acids is 1. The topological polar surface area (TPSA) is 29.1 Å². The number of hydrogen-bond donors (Lipinski definition) is 1. The van der Waals surface area contributed by atoms with Gasteiger partial charge in [-0.15, -0.1) is 0 Å². The first kappa shape index (κ1) is 15.1. The summed E-state index contributed by atoms with van der Waals surface area (Å²) in [5, 5.41) is 3.82. The maximum atomic E-state index is 11.5. The van der Waals surface area contributed by atoms with Crippen LogP contribution in [0, 0.1) is 5.92 Å². The summed E-state index contributed by atoms with van der Waals surface area (Å²) in [5.74, 6) is 0.492. The standard InChI is InChI=1S/C14H17Cl2NO/c1-10(2)7-8-17-14(18)6-4-11-3-5-12(15)13(16)9-11/h3-6,9-10H,7-8H2,1-2H3,(H,17,18)/b6-4-. The maximum absolute atomic E-state index is 11.5. The number of nitrogens with one attached hydrogen (secondary N) is 1. The number of hydrogen-bond acceptors (Lipinski definition) is 1. The lowest BCUT2D eigenvalue weighted by molar-refractivity contribution is -0.116. The van der Waals surface area contributed by atoms with Gasteiger partial charge in [-0.2, -0.15) is 0 Å². The Morgan fingerprint density at radius 2 is 2.06 bits per heavy atom. The fourth-order valence-corrected chi connectivity index (χ4v) is 1.64. The van der Waals surface area contributed by atoms with E-state index in [0.717, 1.165) is 12.0 Å². The largest absolute Gasteiger partial charge is 0.353 e. The Balaban J connectivity index is 2.48. The molecule has 0 aliphatic heterocycles. The molecule has 1 rings (SSSR count). The van der Waals surface area contributed by atoms with Crippen LogP contribution in [0.1, 0.15) is 25.8 Å². The molecule has 4 heteroatoms. The molecule has 0 aliphatic rings. The molecule has 0 heterocycles. The molecule has 1 amide bonds. The van der Waals surface area contributed by atoms with E-state index in [1.807, 2.05) is 6.07 Å². The van der Waals surface area contributed by atoms with Gasteiger partial charge in [0.05, 0.1) is 10.0 Å². The molecule has 0 fully saturated rings. The lowest BCUT2D eigenvalue weighted by Gasteiger charge is -2.04. The van der Waals surface area contributed by atoms with Crippen LogP contribution >= 0.6 is 23.2 Å². The normalized spacial score (nSPS) is 11.2. The van der Waals surface area contributed by atoms with Crippen LogP contribution in [0.2, 0.25) is 10.0 Å². The van der Waals surface area contributed by atoms with E-state index in [-0.39, 0.29) is 5.91 Å². The lowest BCUT2D eigenvalue weighted by Crippen LogP contribution is -2.23. The smallest absolute Gasteiger partial charge is 0.243 e.